The van der Waals surface area contributed by atoms with Crippen molar-refractivity contribution < 1.29 is 0 Å². The third-order valence-electron chi connectivity index (χ3n) is 6.26. The summed E-state index contributed by atoms with van der Waals surface area (Å²) in [5.74, 6) is 3.91. The van der Waals surface area contributed by atoms with Crippen LogP contribution in [0.2, 0.25) is 0 Å². The topological polar surface area (TPSA) is 29.9 Å². The molecule has 1 aromatic rings. The van der Waals surface area contributed by atoms with Crippen molar-refractivity contribution in [1.29, 1.82) is 0 Å². The molecular formula is C17H27N3. The number of hydrogen-bond donors (Lipinski definition) is 1. The predicted molar refractivity (Wildman–Crippen MR) is 80.4 cm³/mol. The lowest BCUT2D eigenvalue weighted by Gasteiger charge is -2.54. The Morgan fingerprint density at radius 2 is 1.85 bits per heavy atom. The largest absolute Gasteiger partial charge is 0.313 e. The molecule has 0 radical (unpaired) electrons. The van der Waals surface area contributed by atoms with Crippen LogP contribution >= 0.6 is 0 Å². The van der Waals surface area contributed by atoms with E-state index in [0.29, 0.717) is 12.1 Å². The fraction of sp³-hybridized carbons (Fsp3) is 0.824. The highest BCUT2D eigenvalue weighted by Gasteiger charge is 2.49. The van der Waals surface area contributed by atoms with Gasteiger partial charge in [-0.25, -0.2) is 0 Å². The highest BCUT2D eigenvalue weighted by atomic mass is 15.3. The van der Waals surface area contributed by atoms with E-state index in [0.717, 1.165) is 30.1 Å². The summed E-state index contributed by atoms with van der Waals surface area (Å²) in [6, 6.07) is 1.16. The summed E-state index contributed by atoms with van der Waals surface area (Å²) in [5.41, 5.74) is 1.36. The minimum Gasteiger partial charge on any atom is -0.313 e. The van der Waals surface area contributed by atoms with E-state index in [9.17, 15) is 0 Å². The summed E-state index contributed by atoms with van der Waals surface area (Å²) < 4.78 is 2.34. The Balaban J connectivity index is 1.59. The maximum absolute atomic E-state index is 4.76. The van der Waals surface area contributed by atoms with Gasteiger partial charge in [-0.1, -0.05) is 6.92 Å². The molecule has 0 saturated heterocycles. The monoisotopic (exact) mass is 273 g/mol. The maximum atomic E-state index is 4.76. The van der Waals surface area contributed by atoms with E-state index in [1.54, 1.807) is 0 Å². The molecule has 1 N–H and O–H groups in total. The number of aromatic nitrogens is 2. The first-order valence-electron chi connectivity index (χ1n) is 8.49. The lowest BCUT2D eigenvalue weighted by Crippen LogP contribution is -2.46. The molecular weight excluding hydrogens is 246 g/mol. The van der Waals surface area contributed by atoms with Crippen LogP contribution < -0.4 is 5.32 Å². The molecule has 1 atom stereocenters. The average molecular weight is 273 g/mol. The van der Waals surface area contributed by atoms with Crippen LogP contribution in [0.25, 0.3) is 0 Å². The third kappa shape index (κ3) is 1.93. The molecule has 3 heteroatoms. The minimum absolute atomic E-state index is 0.459. The van der Waals surface area contributed by atoms with Gasteiger partial charge in [0.05, 0.1) is 12.2 Å². The molecule has 0 spiro atoms. The van der Waals surface area contributed by atoms with Crippen molar-refractivity contribution in [3.63, 3.8) is 0 Å². The minimum atomic E-state index is 0.459. The Kier molecular flexibility index (Phi) is 3.13. The quantitative estimate of drug-likeness (QED) is 0.909. The fourth-order valence-electron chi connectivity index (χ4n) is 5.63. The van der Waals surface area contributed by atoms with Crippen LogP contribution in [-0.4, -0.2) is 16.8 Å². The van der Waals surface area contributed by atoms with Gasteiger partial charge in [0.25, 0.3) is 0 Å². The average Bonchev–Trinajstić information content (AvgIpc) is 2.88. The van der Waals surface area contributed by atoms with E-state index in [1.165, 1.54) is 37.7 Å². The Morgan fingerprint density at radius 1 is 1.20 bits per heavy atom. The molecule has 4 aliphatic carbocycles. The van der Waals surface area contributed by atoms with Crippen molar-refractivity contribution >= 4 is 0 Å². The second-order valence-corrected chi connectivity index (χ2v) is 7.42. The fourth-order valence-corrected chi connectivity index (χ4v) is 5.63. The van der Waals surface area contributed by atoms with Crippen LogP contribution in [0, 0.1) is 23.7 Å². The molecule has 0 aromatic carbocycles. The second-order valence-electron chi connectivity index (χ2n) is 7.42. The second kappa shape index (κ2) is 4.87. The zero-order valence-electron chi connectivity index (χ0n) is 12.8. The van der Waals surface area contributed by atoms with Crippen molar-refractivity contribution in [3.05, 3.63) is 18.0 Å². The first kappa shape index (κ1) is 12.9. The molecule has 4 aliphatic rings. The van der Waals surface area contributed by atoms with Gasteiger partial charge in [-0.05, 0) is 69.2 Å². The lowest BCUT2D eigenvalue weighted by atomic mass is 9.54. The van der Waals surface area contributed by atoms with Gasteiger partial charge in [-0.15, -0.1) is 0 Å². The van der Waals surface area contributed by atoms with E-state index >= 15 is 0 Å². The standard InChI is InChI=1S/C17H27N3/c1-3-16(18-2)15-9-19-20(10-15)17-13-5-11-4-12(7-13)8-14(17)6-11/h9-14,16-18H,3-8H2,1-2H3. The summed E-state index contributed by atoms with van der Waals surface area (Å²) in [6.45, 7) is 2.24. The summed E-state index contributed by atoms with van der Waals surface area (Å²) >= 11 is 0. The van der Waals surface area contributed by atoms with E-state index in [-0.39, 0.29) is 0 Å². The van der Waals surface area contributed by atoms with Crippen molar-refractivity contribution in [1.82, 2.24) is 15.1 Å². The molecule has 5 rings (SSSR count). The van der Waals surface area contributed by atoms with Crippen LogP contribution in [0.3, 0.4) is 0 Å². The van der Waals surface area contributed by atoms with E-state index < -0.39 is 0 Å². The van der Waals surface area contributed by atoms with Crippen LogP contribution in [-0.2, 0) is 0 Å². The predicted octanol–water partition coefficient (Wildman–Crippen LogP) is 3.55. The molecule has 4 saturated carbocycles. The smallest absolute Gasteiger partial charge is 0.0576 e. The Labute approximate surface area is 122 Å². The zero-order valence-corrected chi connectivity index (χ0v) is 12.8. The van der Waals surface area contributed by atoms with Crippen molar-refractivity contribution in [3.8, 4) is 0 Å². The maximum Gasteiger partial charge on any atom is 0.0576 e. The van der Waals surface area contributed by atoms with Gasteiger partial charge in [0.1, 0.15) is 0 Å². The molecule has 1 heterocycles. The Hall–Kier alpha value is -0.830. The molecule has 1 aromatic heterocycles. The normalized spacial score (nSPS) is 40.2. The Morgan fingerprint density at radius 3 is 2.40 bits per heavy atom. The summed E-state index contributed by atoms with van der Waals surface area (Å²) in [5, 5.41) is 8.15. The highest BCUT2D eigenvalue weighted by molar-refractivity contribution is 5.12. The molecule has 4 fully saturated rings. The SMILES string of the molecule is CCC(NC)c1cnn(C2C3CC4CC(C3)CC2C4)c1. The molecule has 110 valence electrons. The number of nitrogens with one attached hydrogen (secondary N) is 1. The lowest BCUT2D eigenvalue weighted by molar-refractivity contribution is -0.0336. The molecule has 3 nitrogen and oxygen atoms in total. The van der Waals surface area contributed by atoms with Gasteiger partial charge in [0, 0.05) is 17.8 Å². The van der Waals surface area contributed by atoms with Crippen molar-refractivity contribution in [2.24, 2.45) is 23.7 Å². The molecule has 0 amide bonds. The number of rotatable bonds is 4. The first-order valence-corrected chi connectivity index (χ1v) is 8.49. The first-order chi connectivity index (χ1) is 9.78. The van der Waals surface area contributed by atoms with Gasteiger partial charge >= 0.3 is 0 Å². The van der Waals surface area contributed by atoms with E-state index in [2.05, 4.69) is 29.3 Å². The highest BCUT2D eigenvalue weighted by Crippen LogP contribution is 2.58. The van der Waals surface area contributed by atoms with Crippen molar-refractivity contribution in [2.75, 3.05) is 7.05 Å². The van der Waals surface area contributed by atoms with Gasteiger partial charge in [-0.2, -0.15) is 5.10 Å². The van der Waals surface area contributed by atoms with Crippen LogP contribution in [0.5, 0.6) is 0 Å². The van der Waals surface area contributed by atoms with Gasteiger partial charge in [-0.3, -0.25) is 4.68 Å². The van der Waals surface area contributed by atoms with Gasteiger partial charge in [0.15, 0.2) is 0 Å². The van der Waals surface area contributed by atoms with Gasteiger partial charge < -0.3 is 5.32 Å². The van der Waals surface area contributed by atoms with Crippen LogP contribution in [0.1, 0.15) is 63.1 Å². The van der Waals surface area contributed by atoms with E-state index in [1.807, 2.05) is 7.05 Å². The number of nitrogens with zero attached hydrogens (tertiary/aromatic N) is 2. The summed E-state index contributed by atoms with van der Waals surface area (Å²) in [6.07, 6.45) is 13.0. The van der Waals surface area contributed by atoms with E-state index in [4.69, 9.17) is 5.10 Å². The molecule has 1 unspecified atom stereocenters. The summed E-state index contributed by atoms with van der Waals surface area (Å²) in [4.78, 5) is 0. The zero-order chi connectivity index (χ0) is 13.7. The third-order valence-corrected chi connectivity index (χ3v) is 6.26. The van der Waals surface area contributed by atoms with Crippen LogP contribution in [0.15, 0.2) is 12.4 Å². The number of hydrogen-bond acceptors (Lipinski definition) is 2. The molecule has 0 aliphatic heterocycles. The molecule has 20 heavy (non-hydrogen) atoms. The summed E-state index contributed by atoms with van der Waals surface area (Å²) in [7, 11) is 2.05. The van der Waals surface area contributed by atoms with Gasteiger partial charge in [0.2, 0.25) is 0 Å². The van der Waals surface area contributed by atoms with Crippen LogP contribution in [0.4, 0.5) is 0 Å². The molecule has 4 bridgehead atoms. The van der Waals surface area contributed by atoms with Crippen molar-refractivity contribution in [2.45, 2.75) is 57.5 Å². The Bertz CT molecular complexity index is 446.